The Labute approximate surface area is 290 Å². The maximum Gasteiger partial charge on any atom is 0.160 e. The van der Waals surface area contributed by atoms with Crippen molar-refractivity contribution in [3.05, 3.63) is 90.0 Å². The van der Waals surface area contributed by atoms with E-state index in [2.05, 4.69) is 70.9 Å². The molecule has 2 aromatic heterocycles. The van der Waals surface area contributed by atoms with Gasteiger partial charge in [0, 0.05) is 24.7 Å². The van der Waals surface area contributed by atoms with E-state index >= 15 is 0 Å². The zero-order valence-corrected chi connectivity index (χ0v) is 31.1. The minimum Gasteiger partial charge on any atom is -0.314 e. The van der Waals surface area contributed by atoms with Gasteiger partial charge in [-0.1, -0.05) is 109 Å². The number of carbonyl (C=O) groups excluding carboxylic acids is 1. The molecule has 0 bridgehead atoms. The smallest absolute Gasteiger partial charge is 0.160 e. The van der Waals surface area contributed by atoms with Crippen LogP contribution in [0.4, 0.5) is 0 Å². The van der Waals surface area contributed by atoms with Gasteiger partial charge < -0.3 is 14.1 Å². The fraction of sp³-hybridized carbons (Fsp3) is 0.463. The first-order chi connectivity index (χ1) is 23.1. The number of ketones is 1. The molecule has 0 spiro atoms. The van der Waals surface area contributed by atoms with Gasteiger partial charge in [-0.15, -0.1) is 0 Å². The van der Waals surface area contributed by atoms with Crippen LogP contribution in [0.2, 0.25) is 0 Å². The number of unbranched alkanes of at least 4 members (excludes halogenated alkanes) is 1. The third-order valence-electron chi connectivity index (χ3n) is 8.64. The number of fused-ring (bicyclic) bond motifs is 1. The van der Waals surface area contributed by atoms with Crippen LogP contribution in [-0.2, 0) is 27.5 Å². The minimum absolute atomic E-state index is 0.307. The van der Waals surface area contributed by atoms with E-state index in [1.807, 2.05) is 51.2 Å². The number of aromatic nitrogens is 3. The summed E-state index contributed by atoms with van der Waals surface area (Å²) in [5.74, 6) is 6.26. The van der Waals surface area contributed by atoms with Crippen molar-refractivity contribution in [2.45, 2.75) is 124 Å². The Morgan fingerprint density at radius 2 is 1.71 bits per heavy atom. The number of benzene rings is 2. The predicted molar refractivity (Wildman–Crippen MR) is 206 cm³/mol. The van der Waals surface area contributed by atoms with Gasteiger partial charge >= 0.3 is 0 Å². The highest BCUT2D eigenvalue weighted by Crippen LogP contribution is 2.31. The monoisotopic (exact) mass is 670 g/mol. The molecule has 0 saturated heterocycles. The summed E-state index contributed by atoms with van der Waals surface area (Å²) in [5, 5.41) is 0. The second-order valence-electron chi connectivity index (χ2n) is 12.8. The highest BCUT2D eigenvalue weighted by atomic mass is 32.2. The number of hydrogen-bond donors (Lipinski definition) is 1. The zero-order valence-electron chi connectivity index (χ0n) is 30.3. The molecule has 0 aliphatic heterocycles. The summed E-state index contributed by atoms with van der Waals surface area (Å²) in [6.07, 6.45) is 14.0. The van der Waals surface area contributed by atoms with Gasteiger partial charge in [0.15, 0.2) is 5.65 Å². The van der Waals surface area contributed by atoms with Gasteiger partial charge in [0.2, 0.25) is 0 Å². The van der Waals surface area contributed by atoms with Gasteiger partial charge in [-0.2, -0.15) is 0 Å². The van der Waals surface area contributed by atoms with E-state index < -0.39 is 9.71 Å². The fourth-order valence-corrected chi connectivity index (χ4v) is 7.66. The lowest BCUT2D eigenvalue weighted by molar-refractivity contribution is -0.117. The maximum atomic E-state index is 13.8. The molecule has 0 radical (unpaired) electrons. The Hall–Kier alpha value is -3.71. The van der Waals surface area contributed by atoms with Crippen LogP contribution in [0, 0.1) is 12.8 Å². The van der Waals surface area contributed by atoms with Crippen LogP contribution in [0.25, 0.3) is 22.3 Å². The van der Waals surface area contributed by atoms with Gasteiger partial charge in [-0.05, 0) is 85.7 Å². The van der Waals surface area contributed by atoms with Gasteiger partial charge in [-0.3, -0.25) is 0 Å². The first-order valence-electron chi connectivity index (χ1n) is 17.9. The van der Waals surface area contributed by atoms with Gasteiger partial charge in [0.05, 0.1) is 21.1 Å². The highest BCUT2D eigenvalue weighted by Gasteiger charge is 2.18. The van der Waals surface area contributed by atoms with Crippen LogP contribution in [0.3, 0.4) is 0 Å². The third kappa shape index (κ3) is 11.2. The molecule has 2 aromatic carbocycles. The molecule has 1 atom stereocenters. The van der Waals surface area contributed by atoms with Crippen LogP contribution in [-0.4, -0.2) is 30.4 Å². The first-order valence-corrected chi connectivity index (χ1v) is 19.7. The molecule has 0 amide bonds. The average Bonchev–Trinajstić information content (AvgIpc) is 3.72. The maximum absolute atomic E-state index is 13.8. The van der Waals surface area contributed by atoms with E-state index in [0.29, 0.717) is 17.2 Å². The summed E-state index contributed by atoms with van der Waals surface area (Å²) in [6, 6.07) is 18.4. The van der Waals surface area contributed by atoms with Gasteiger partial charge in [-0.25, -0.2) is 14.2 Å². The molecule has 1 N–H and O–H groups in total. The van der Waals surface area contributed by atoms with Crippen molar-refractivity contribution in [2.24, 2.45) is 5.92 Å². The summed E-state index contributed by atoms with van der Waals surface area (Å²) in [6.45, 7) is 16.8. The molecule has 6 nitrogen and oxygen atoms in total. The molecule has 1 unspecified atom stereocenters. The summed E-state index contributed by atoms with van der Waals surface area (Å²) in [5.41, 5.74) is 6.92. The number of nitrogens with zero attached hydrogens (tertiary/aromatic N) is 3. The van der Waals surface area contributed by atoms with Crippen LogP contribution >= 0.6 is 0 Å². The lowest BCUT2D eigenvalue weighted by Gasteiger charge is -2.19. The van der Waals surface area contributed by atoms with E-state index in [0.717, 1.165) is 90.2 Å². The van der Waals surface area contributed by atoms with Crippen molar-refractivity contribution < 1.29 is 9.00 Å². The summed E-state index contributed by atoms with van der Waals surface area (Å²) in [7, 11) is -2.75. The molecule has 2 heterocycles. The van der Waals surface area contributed by atoms with E-state index in [-0.39, 0.29) is 0 Å². The standard InChI is InChI=1S/C33H40N4OS.C6H12O.C2H6/c1-5-10-32-35-30-21-24(2)22-34-33(30)37(32)23-27-17-19-28(20-18-27)29-13-8-9-14-31(29)39(4,38)36-25(3)15-16-26-11-6-7-12-26;1-3-4-5-6(2)7;1-2/h8-9,13-14,17-22,26H,3-7,10-12,15-16,23H2,1-2H3,(H,36,38);3-5H2,1-2H3;1-2H3. The number of imidazole rings is 1. The van der Waals surface area contributed by atoms with Crippen LogP contribution in [0.15, 0.2) is 78.0 Å². The zero-order chi connectivity index (χ0) is 35.1. The Kier molecular flexibility index (Phi) is 15.6. The van der Waals surface area contributed by atoms with Crippen molar-refractivity contribution in [3.8, 4) is 11.1 Å². The fourth-order valence-electron chi connectivity index (χ4n) is 6.15. The predicted octanol–water partition coefficient (Wildman–Crippen LogP) is 10.3. The lowest BCUT2D eigenvalue weighted by Crippen LogP contribution is -2.23. The Morgan fingerprint density at radius 3 is 2.33 bits per heavy atom. The second kappa shape index (κ2) is 19.3. The number of carbonyl (C=O) groups is 1. The molecule has 260 valence electrons. The summed E-state index contributed by atoms with van der Waals surface area (Å²) in [4.78, 5) is 20.5. The van der Waals surface area contributed by atoms with Crippen LogP contribution < -0.4 is 4.72 Å². The number of rotatable bonds is 14. The number of allylic oxidation sites excluding steroid dienone is 1. The highest BCUT2D eigenvalue weighted by molar-refractivity contribution is 7.98. The van der Waals surface area contributed by atoms with Gasteiger partial charge in [0.1, 0.15) is 17.1 Å². The van der Waals surface area contributed by atoms with Crippen molar-refractivity contribution in [3.63, 3.8) is 0 Å². The SMILES string of the molecule is C=C(CCC1CCCC1)NS(=C)(=O)c1ccccc1-c1ccc(Cn2c(CCC)nc3cc(C)cnc32)cc1.CC.CCCCC(C)=O. The Morgan fingerprint density at radius 1 is 1.02 bits per heavy atom. The number of pyridine rings is 1. The van der Waals surface area contributed by atoms with E-state index in [1.54, 1.807) is 6.92 Å². The van der Waals surface area contributed by atoms with Gasteiger partial charge in [0.25, 0.3) is 0 Å². The second-order valence-corrected chi connectivity index (χ2v) is 14.8. The van der Waals surface area contributed by atoms with E-state index in [1.165, 1.54) is 31.2 Å². The molecule has 7 heteroatoms. The topological polar surface area (TPSA) is 76.9 Å². The third-order valence-corrected chi connectivity index (χ3v) is 10.3. The molecule has 1 fully saturated rings. The molecular formula is C41H58N4O2S. The van der Waals surface area contributed by atoms with Crippen LogP contribution in [0.1, 0.15) is 116 Å². The van der Waals surface area contributed by atoms with Crippen molar-refractivity contribution in [2.75, 3.05) is 0 Å². The molecule has 1 aliphatic rings. The molecule has 4 aromatic rings. The molecular weight excluding hydrogens is 613 g/mol. The number of nitrogens with one attached hydrogen (secondary N) is 1. The molecule has 1 aliphatic carbocycles. The largest absolute Gasteiger partial charge is 0.314 e. The Balaban J connectivity index is 0.000000618. The average molecular weight is 671 g/mol. The van der Waals surface area contributed by atoms with Crippen molar-refractivity contribution in [1.82, 2.24) is 19.3 Å². The summed E-state index contributed by atoms with van der Waals surface area (Å²) < 4.78 is 19.2. The number of hydrogen-bond acceptors (Lipinski definition) is 4. The van der Waals surface area contributed by atoms with Crippen molar-refractivity contribution >= 4 is 32.5 Å². The lowest BCUT2D eigenvalue weighted by atomic mass is 10.0. The molecule has 1 saturated carbocycles. The first kappa shape index (κ1) is 38.7. The normalized spacial score (nSPS) is 14.0. The van der Waals surface area contributed by atoms with E-state index in [4.69, 9.17) is 4.98 Å². The molecule has 5 rings (SSSR count). The Bertz CT molecular complexity index is 1720. The quantitative estimate of drug-likeness (QED) is 0.136. The van der Waals surface area contributed by atoms with Crippen molar-refractivity contribution in [1.29, 1.82) is 0 Å². The summed E-state index contributed by atoms with van der Waals surface area (Å²) >= 11 is 0. The van der Waals surface area contributed by atoms with Crippen LogP contribution in [0.5, 0.6) is 0 Å². The number of Topliss-reactive ketones (excluding diaryl/α,β-unsaturated/α-hetero) is 1. The minimum atomic E-state index is -2.75. The van der Waals surface area contributed by atoms with E-state index in [9.17, 15) is 9.00 Å². The molecule has 48 heavy (non-hydrogen) atoms. The number of aryl methyl sites for hydroxylation is 2.